The van der Waals surface area contributed by atoms with Gasteiger partial charge in [0.1, 0.15) is 11.5 Å². The van der Waals surface area contributed by atoms with Gasteiger partial charge in [-0.05, 0) is 126 Å². The van der Waals surface area contributed by atoms with E-state index in [1.54, 1.807) is 0 Å². The van der Waals surface area contributed by atoms with Crippen molar-refractivity contribution in [3.63, 3.8) is 0 Å². The third-order valence-corrected chi connectivity index (χ3v) is 10.2. The molecule has 3 aliphatic carbocycles. The highest BCUT2D eigenvalue weighted by atomic mass is 16.5. The van der Waals surface area contributed by atoms with Crippen LogP contribution < -0.4 is 30.9 Å². The molecular weight excluding hydrogens is 583 g/mol. The zero-order valence-electron chi connectivity index (χ0n) is 47.4. The molecule has 0 spiro atoms. The maximum absolute atomic E-state index is 10.1. The summed E-state index contributed by atoms with van der Waals surface area (Å²) in [5.41, 5.74) is -3.93. The maximum atomic E-state index is 10.1. The number of fused-ring (bicyclic) bond motifs is 7. The molecule has 0 unspecified atom stereocenters. The summed E-state index contributed by atoms with van der Waals surface area (Å²) in [7, 11) is 0. The molecule has 6 aromatic carbocycles. The van der Waals surface area contributed by atoms with Crippen LogP contribution in [0.1, 0.15) is 74.2 Å². The molecule has 0 atom stereocenters. The van der Waals surface area contributed by atoms with E-state index in [1.165, 1.54) is 12.1 Å². The zero-order chi connectivity index (χ0) is 50.8. The minimum absolute atomic E-state index is 0.0379. The summed E-state index contributed by atoms with van der Waals surface area (Å²) in [6.45, 7) is -1.47. The van der Waals surface area contributed by atoms with Gasteiger partial charge in [0.05, 0.1) is 35.8 Å². The Bertz CT molecular complexity index is 3220. The van der Waals surface area contributed by atoms with Crippen LogP contribution in [0, 0.1) is 5.92 Å². The lowest BCUT2D eigenvalue weighted by Crippen LogP contribution is -2.59. The van der Waals surface area contributed by atoms with Gasteiger partial charge >= 0.3 is 0 Å². The van der Waals surface area contributed by atoms with E-state index in [0.29, 0.717) is 25.2 Å². The summed E-state index contributed by atoms with van der Waals surface area (Å²) in [5, 5.41) is 0. The second-order valence-corrected chi connectivity index (χ2v) is 12.5. The van der Waals surface area contributed by atoms with Crippen molar-refractivity contribution in [1.29, 1.82) is 0 Å². The van der Waals surface area contributed by atoms with Crippen LogP contribution in [0.2, 0.25) is 0 Å². The van der Waals surface area contributed by atoms with Crippen LogP contribution in [-0.2, 0) is 5.41 Å². The van der Waals surface area contributed by atoms with E-state index in [9.17, 15) is 9.60 Å². The van der Waals surface area contributed by atoms with E-state index >= 15 is 0 Å². The zero-order valence-corrected chi connectivity index (χ0v) is 25.4. The van der Waals surface area contributed by atoms with Crippen molar-refractivity contribution in [2.24, 2.45) is 5.92 Å². The third-order valence-electron chi connectivity index (χ3n) is 10.2. The normalized spacial score (nSPS) is 26.4. The summed E-state index contributed by atoms with van der Waals surface area (Å²) >= 11 is 0. The first-order valence-electron chi connectivity index (χ1n) is 26.8. The highest BCUT2D eigenvalue weighted by Crippen LogP contribution is 2.52. The number of benzene rings is 6. The van der Waals surface area contributed by atoms with Crippen LogP contribution >= 0.6 is 0 Å². The van der Waals surface area contributed by atoms with Crippen molar-refractivity contribution >= 4 is 57.2 Å². The van der Waals surface area contributed by atoms with Crippen molar-refractivity contribution < 1.29 is 34.9 Å². The van der Waals surface area contributed by atoms with E-state index in [-0.39, 0.29) is 51.2 Å². The minimum Gasteiger partial charge on any atom is -0.458 e. The number of para-hydroxylation sites is 4. The Balaban J connectivity index is 1.42. The van der Waals surface area contributed by atoms with Gasteiger partial charge in [-0.25, -0.2) is 0 Å². The predicted octanol–water partition coefficient (Wildman–Crippen LogP) is 9.78. The number of hydrogen-bond donors (Lipinski definition) is 0. The van der Waals surface area contributed by atoms with Crippen molar-refractivity contribution in [2.75, 3.05) is 9.80 Å². The minimum atomic E-state index is -1.47. The highest BCUT2D eigenvalue weighted by molar-refractivity contribution is 6.99. The monoisotopic (exact) mass is 642 g/mol. The van der Waals surface area contributed by atoms with Crippen LogP contribution in [0.25, 0.3) is 0 Å². The summed E-state index contributed by atoms with van der Waals surface area (Å²) in [4.78, 5) is 1.80. The van der Waals surface area contributed by atoms with Gasteiger partial charge in [-0.1, -0.05) is 84.6 Å². The molecule has 3 fully saturated rings. The molecule has 3 saturated carbocycles. The van der Waals surface area contributed by atoms with E-state index in [1.807, 2.05) is 0 Å². The van der Waals surface area contributed by atoms with Crippen LogP contribution in [0.5, 0.6) is 11.5 Å². The van der Waals surface area contributed by atoms with Gasteiger partial charge in [-0.15, -0.1) is 0 Å². The topological polar surface area (TPSA) is 15.7 Å². The van der Waals surface area contributed by atoms with E-state index in [4.69, 9.17) is 25.3 Å². The molecule has 2 bridgehead atoms. The molecule has 48 heavy (non-hydrogen) atoms. The van der Waals surface area contributed by atoms with Gasteiger partial charge in [0.15, 0.2) is 0 Å². The molecular formula is C44H37BN2O. The average Bonchev–Trinajstić information content (AvgIpc) is 3.35. The Hall–Kier alpha value is -5.22. The molecule has 232 valence electrons. The van der Waals surface area contributed by atoms with Crippen molar-refractivity contribution in [3.05, 3.63) is 151 Å². The lowest BCUT2D eigenvalue weighted by molar-refractivity contribution is 0.136. The molecule has 6 aromatic rings. The summed E-state index contributed by atoms with van der Waals surface area (Å²) in [6, 6.07) is -14.5. The molecule has 0 aromatic heterocycles. The van der Waals surface area contributed by atoms with Gasteiger partial charge in [0.25, 0.3) is 6.71 Å². The number of ether oxygens (including phenoxy) is 1. The maximum Gasteiger partial charge on any atom is 0.256 e. The Morgan fingerprint density at radius 1 is 0.625 bits per heavy atom. The first-order valence-corrected chi connectivity index (χ1v) is 15.8. The molecule has 4 heteroatoms. The SMILES string of the molecule is [2H]c1c([2H])c([2H])c(N(c2cc3c4c(c2)N(c2c([2H])c([2H])c([2H])c([2H])c2[2H])c2c([2H])c([2H])c([2H])c([2H])c2B4c2c([2H])c(C45CCC(CC4)CC5)c([2H])c([2H])c2O3)c2c([2H])c([2H])c([2H])c([2H])c2[2H])c([2H])c1[2H]. The predicted molar refractivity (Wildman–Crippen MR) is 200 cm³/mol. The standard InChI is InChI=1S/C44H37BN2O/c1-4-12-33(13-5-1)46(34-14-6-2-7-15-34)36-29-40-43-42(30-36)48-41-21-20-32(44-25-22-31(23-26-44)24-27-44)28-38(41)45(43)37-18-10-11-19-39(37)47(40)35-16-8-3-9-17-35/h1-21,28-31H,22-27H2/i1D,2D,3D,4D,5D,6D,7D,8D,9D,10D,11D,12D,13D,14D,15D,16D,17D,18D,19D,20D,21D,28D. The number of anilines is 6. The lowest BCUT2D eigenvalue weighted by Gasteiger charge is -2.47. The van der Waals surface area contributed by atoms with Crippen molar-refractivity contribution in [2.45, 2.75) is 43.9 Å². The second-order valence-electron chi connectivity index (χ2n) is 12.5. The van der Waals surface area contributed by atoms with E-state index in [0.717, 1.165) is 29.1 Å². The van der Waals surface area contributed by atoms with Crippen LogP contribution in [-0.4, -0.2) is 6.71 Å². The van der Waals surface area contributed by atoms with Crippen molar-refractivity contribution in [3.8, 4) is 11.5 Å². The molecule has 2 aliphatic heterocycles. The van der Waals surface area contributed by atoms with Gasteiger partial charge in [0, 0.05) is 34.5 Å². The first-order chi connectivity index (χ1) is 32.9. The van der Waals surface area contributed by atoms with Gasteiger partial charge in [0.2, 0.25) is 0 Å². The van der Waals surface area contributed by atoms with E-state index < -0.39 is 161 Å². The molecule has 5 aliphatic rings. The summed E-state index contributed by atoms with van der Waals surface area (Å²) in [5.74, 6) is -0.197. The number of hydrogen-bond acceptors (Lipinski definition) is 3. The summed E-state index contributed by atoms with van der Waals surface area (Å²) in [6.07, 6.45) is 4.40. The Morgan fingerprint density at radius 2 is 1.25 bits per heavy atom. The largest absolute Gasteiger partial charge is 0.458 e. The van der Waals surface area contributed by atoms with Crippen molar-refractivity contribution in [1.82, 2.24) is 0 Å². The van der Waals surface area contributed by atoms with Gasteiger partial charge < -0.3 is 14.5 Å². The molecule has 0 N–H and O–H groups in total. The average molecular weight is 643 g/mol. The van der Waals surface area contributed by atoms with Crippen LogP contribution in [0.4, 0.5) is 34.1 Å². The lowest BCUT2D eigenvalue weighted by atomic mass is 9.34. The first kappa shape index (κ1) is 13.7. The van der Waals surface area contributed by atoms with Crippen LogP contribution in [0.15, 0.2) is 145 Å². The van der Waals surface area contributed by atoms with Gasteiger partial charge in [-0.3, -0.25) is 0 Å². The highest BCUT2D eigenvalue weighted by Gasteiger charge is 2.45. The molecule has 11 rings (SSSR count). The molecule has 2 heterocycles. The number of nitrogens with zero attached hydrogens (tertiary/aromatic N) is 2. The Morgan fingerprint density at radius 3 is 1.94 bits per heavy atom. The Kier molecular flexibility index (Phi) is 3.12. The molecule has 0 saturated heterocycles. The Labute approximate surface area is 314 Å². The fraction of sp³-hybridized carbons (Fsp3) is 0.182. The third kappa shape index (κ3) is 4.28. The summed E-state index contributed by atoms with van der Waals surface area (Å²) < 4.78 is 205. The molecule has 0 radical (unpaired) electrons. The quantitative estimate of drug-likeness (QED) is 0.174. The van der Waals surface area contributed by atoms with Gasteiger partial charge in [-0.2, -0.15) is 0 Å². The number of rotatable bonds is 5. The molecule has 0 amide bonds. The second kappa shape index (κ2) is 10.9. The van der Waals surface area contributed by atoms with E-state index in [2.05, 4.69) is 0 Å². The smallest absolute Gasteiger partial charge is 0.256 e. The molecule has 3 nitrogen and oxygen atoms in total. The fourth-order valence-corrected chi connectivity index (χ4v) is 7.90. The fourth-order valence-electron chi connectivity index (χ4n) is 7.90. The van der Waals surface area contributed by atoms with Crippen LogP contribution in [0.3, 0.4) is 0 Å².